The number of hydrogen-bond acceptors (Lipinski definition) is 7. The Morgan fingerprint density at radius 3 is 2.57 bits per heavy atom. The number of nitrogens with zero attached hydrogens (tertiary/aromatic N) is 1. The van der Waals surface area contributed by atoms with Gasteiger partial charge in [0.05, 0.1) is 12.8 Å². The van der Waals surface area contributed by atoms with E-state index < -0.39 is 61.1 Å². The lowest BCUT2D eigenvalue weighted by Gasteiger charge is -2.21. The van der Waals surface area contributed by atoms with Crippen molar-refractivity contribution in [3.63, 3.8) is 0 Å². The maximum absolute atomic E-state index is 13.7. The molecule has 3 heterocycles. The average Bonchev–Trinajstić information content (AvgIpc) is 3.09. The summed E-state index contributed by atoms with van der Waals surface area (Å²) in [7, 11) is -4.33. The molecule has 0 spiro atoms. The molecule has 9 nitrogen and oxygen atoms in total. The molecule has 0 radical (unpaired) electrons. The van der Waals surface area contributed by atoms with Gasteiger partial charge in [0, 0.05) is 17.7 Å². The van der Waals surface area contributed by atoms with Crippen LogP contribution in [0, 0.1) is 23.3 Å². The van der Waals surface area contributed by atoms with Gasteiger partial charge in [-0.3, -0.25) is 18.8 Å². The molecule has 30 heavy (non-hydrogen) atoms. The monoisotopic (exact) mass is 448 g/mol. The quantitative estimate of drug-likeness (QED) is 0.371. The van der Waals surface area contributed by atoms with E-state index in [0.29, 0.717) is 22.9 Å². The van der Waals surface area contributed by atoms with Crippen molar-refractivity contribution in [1.29, 1.82) is 0 Å². The third kappa shape index (κ3) is 3.70. The van der Waals surface area contributed by atoms with Crippen LogP contribution >= 0.6 is 7.82 Å². The molecule has 4 rings (SSSR count). The first-order chi connectivity index (χ1) is 14.1. The summed E-state index contributed by atoms with van der Waals surface area (Å²) in [6.45, 7) is -1.24. The Hall–Kier alpha value is -3.15. The Balaban J connectivity index is 1.56. The molecule has 1 N–H and O–H groups in total. The highest BCUT2D eigenvalue weighted by Crippen LogP contribution is 2.55. The van der Waals surface area contributed by atoms with Crippen LogP contribution in [0.3, 0.4) is 0 Å². The third-order valence-electron chi connectivity index (χ3n) is 3.92. The van der Waals surface area contributed by atoms with E-state index in [0.717, 1.165) is 6.07 Å². The maximum atomic E-state index is 13.7. The summed E-state index contributed by atoms with van der Waals surface area (Å²) in [4.78, 5) is 24.7. The summed E-state index contributed by atoms with van der Waals surface area (Å²) in [5.74, 6) is -5.66. The number of aromatic nitrogens is 2. The number of nitrogens with one attached hydrogen (secondary N) is 1. The number of halogens is 4. The number of phosphoric acid groups is 1. The van der Waals surface area contributed by atoms with E-state index in [1.54, 1.807) is 4.98 Å². The first-order valence-corrected chi connectivity index (χ1v) is 9.48. The first-order valence-electron chi connectivity index (χ1n) is 8.02. The molecule has 0 amide bonds. The number of fused-ring (bicyclic) bond motifs is 1. The number of aromatic amines is 1. The van der Waals surface area contributed by atoms with E-state index in [-0.39, 0.29) is 17.4 Å². The number of furan rings is 1. The van der Waals surface area contributed by atoms with Crippen molar-refractivity contribution in [2.24, 2.45) is 0 Å². The van der Waals surface area contributed by atoms with Gasteiger partial charge >= 0.3 is 13.5 Å². The summed E-state index contributed by atoms with van der Waals surface area (Å²) in [6.07, 6.45) is 0.578. The second-order valence-corrected chi connectivity index (χ2v) is 7.51. The zero-order valence-corrected chi connectivity index (χ0v) is 15.4. The molecule has 0 saturated heterocycles. The van der Waals surface area contributed by atoms with Gasteiger partial charge in [-0.2, -0.15) is 4.39 Å². The first kappa shape index (κ1) is 20.1. The topological polar surface area (TPSA) is 113 Å². The Bertz CT molecular complexity index is 1320. The fourth-order valence-corrected chi connectivity index (χ4v) is 3.63. The summed E-state index contributed by atoms with van der Waals surface area (Å²) in [6, 6.07) is 1.89. The van der Waals surface area contributed by atoms with Crippen molar-refractivity contribution < 1.29 is 40.1 Å². The molecule has 1 aromatic carbocycles. The highest BCUT2D eigenvalue weighted by atomic mass is 31.2. The van der Waals surface area contributed by atoms with Gasteiger partial charge in [0.15, 0.2) is 23.1 Å². The largest absolute Gasteiger partial charge is 0.530 e. The smallest absolute Gasteiger partial charge is 0.438 e. The van der Waals surface area contributed by atoms with Crippen molar-refractivity contribution in [1.82, 2.24) is 9.55 Å². The molecule has 0 fully saturated rings. The van der Waals surface area contributed by atoms with E-state index in [9.17, 15) is 31.7 Å². The molecule has 1 aliphatic rings. The Morgan fingerprint density at radius 2 is 1.80 bits per heavy atom. The van der Waals surface area contributed by atoms with Crippen LogP contribution in [-0.4, -0.2) is 9.55 Å². The third-order valence-corrected chi connectivity index (χ3v) is 5.24. The summed E-state index contributed by atoms with van der Waals surface area (Å²) < 4.78 is 86.8. The standard InChI is InChI=1S/C16H9F4N2O7P/c17-8-2-10(19)9(18)1-7(8)5-26-30(25)27-6-13-12(29-30)3-14(28-13)22-4-11(20)15(23)21-16(22)24/h1-4H,5-6H2,(H,21,23,24). The van der Waals surface area contributed by atoms with Gasteiger partial charge in [-0.25, -0.2) is 27.1 Å². The van der Waals surface area contributed by atoms with Gasteiger partial charge in [-0.05, 0) is 6.07 Å². The van der Waals surface area contributed by atoms with E-state index >= 15 is 0 Å². The van der Waals surface area contributed by atoms with Gasteiger partial charge in [0.1, 0.15) is 12.4 Å². The van der Waals surface area contributed by atoms with Crippen LogP contribution in [0.25, 0.3) is 5.88 Å². The lowest BCUT2D eigenvalue weighted by atomic mass is 10.2. The average molecular weight is 448 g/mol. The molecular formula is C16H9F4N2O7P. The van der Waals surface area contributed by atoms with Crippen LogP contribution in [0.2, 0.25) is 0 Å². The van der Waals surface area contributed by atoms with Crippen molar-refractivity contribution in [3.8, 4) is 11.6 Å². The number of H-pyrrole nitrogens is 1. The number of benzene rings is 1. The molecule has 0 aliphatic carbocycles. The van der Waals surface area contributed by atoms with Crippen LogP contribution in [0.15, 0.2) is 38.4 Å². The SMILES string of the molecule is O=c1[nH]c(=O)n(-c2cc3c(o2)COP(=O)(OCc2cc(F)c(F)cc2F)O3)cc1F. The Labute approximate surface area is 163 Å². The number of hydrogen-bond donors (Lipinski definition) is 1. The predicted molar refractivity (Wildman–Crippen MR) is 89.0 cm³/mol. The van der Waals surface area contributed by atoms with E-state index in [1.807, 2.05) is 0 Å². The van der Waals surface area contributed by atoms with Gasteiger partial charge in [0.25, 0.3) is 5.56 Å². The molecule has 14 heteroatoms. The minimum absolute atomic E-state index is 0.0439. The highest BCUT2D eigenvalue weighted by molar-refractivity contribution is 7.49. The predicted octanol–water partition coefficient (Wildman–Crippen LogP) is 2.91. The summed E-state index contributed by atoms with van der Waals surface area (Å²) in [5.41, 5.74) is -2.68. The molecule has 2 aromatic heterocycles. The lowest BCUT2D eigenvalue weighted by molar-refractivity contribution is 0.117. The molecule has 0 bridgehead atoms. The minimum atomic E-state index is -4.33. The van der Waals surface area contributed by atoms with E-state index in [2.05, 4.69) is 0 Å². The normalized spacial score (nSPS) is 18.1. The fraction of sp³-hybridized carbons (Fsp3) is 0.125. The summed E-state index contributed by atoms with van der Waals surface area (Å²) in [5, 5.41) is 0. The molecule has 1 unspecified atom stereocenters. The minimum Gasteiger partial charge on any atom is -0.438 e. The maximum Gasteiger partial charge on any atom is 0.530 e. The van der Waals surface area contributed by atoms with E-state index in [1.165, 1.54) is 0 Å². The second kappa shape index (κ2) is 7.27. The zero-order chi connectivity index (χ0) is 21.6. The zero-order valence-electron chi connectivity index (χ0n) is 14.5. The molecule has 3 aromatic rings. The van der Waals surface area contributed by atoms with Crippen LogP contribution < -0.4 is 15.8 Å². The molecule has 1 aliphatic heterocycles. The fourth-order valence-electron chi connectivity index (χ4n) is 2.48. The highest BCUT2D eigenvalue weighted by Gasteiger charge is 2.37. The number of phosphoric ester groups is 1. The second-order valence-electron chi connectivity index (χ2n) is 5.92. The van der Waals surface area contributed by atoms with Crippen LogP contribution in [0.1, 0.15) is 11.3 Å². The molecule has 158 valence electrons. The molecule has 1 atom stereocenters. The van der Waals surface area contributed by atoms with Crippen LogP contribution in [0.5, 0.6) is 5.75 Å². The van der Waals surface area contributed by atoms with Gasteiger partial charge < -0.3 is 8.94 Å². The van der Waals surface area contributed by atoms with Crippen molar-refractivity contribution >= 4 is 7.82 Å². The van der Waals surface area contributed by atoms with Gasteiger partial charge in [-0.1, -0.05) is 0 Å². The Kier molecular flexibility index (Phi) is 4.88. The van der Waals surface area contributed by atoms with Crippen molar-refractivity contribution in [3.05, 3.63) is 79.8 Å². The Morgan fingerprint density at radius 1 is 1.07 bits per heavy atom. The van der Waals surface area contributed by atoms with Crippen molar-refractivity contribution in [2.45, 2.75) is 13.2 Å². The van der Waals surface area contributed by atoms with Crippen molar-refractivity contribution in [2.75, 3.05) is 0 Å². The summed E-state index contributed by atoms with van der Waals surface area (Å²) >= 11 is 0. The lowest BCUT2D eigenvalue weighted by Crippen LogP contribution is -2.30. The van der Waals surface area contributed by atoms with E-state index in [4.69, 9.17) is 18.0 Å². The van der Waals surface area contributed by atoms with Crippen LogP contribution in [-0.2, 0) is 26.8 Å². The van der Waals surface area contributed by atoms with Gasteiger partial charge in [-0.15, -0.1) is 0 Å². The van der Waals surface area contributed by atoms with Gasteiger partial charge in [0.2, 0.25) is 11.7 Å². The van der Waals surface area contributed by atoms with Crippen LogP contribution in [0.4, 0.5) is 17.6 Å². The number of rotatable bonds is 4. The molecule has 0 saturated carbocycles. The molecular weight excluding hydrogens is 439 g/mol.